The van der Waals surface area contributed by atoms with Crippen LogP contribution < -0.4 is 10.1 Å². The number of anilines is 1. The summed E-state index contributed by atoms with van der Waals surface area (Å²) in [6.07, 6.45) is 1.13. The molecule has 1 atom stereocenters. The van der Waals surface area contributed by atoms with Gasteiger partial charge >= 0.3 is 0 Å². The highest BCUT2D eigenvalue weighted by atomic mass is 35.5. The molecule has 2 aromatic carbocycles. The summed E-state index contributed by atoms with van der Waals surface area (Å²) in [5, 5.41) is 2.59. The predicted molar refractivity (Wildman–Crippen MR) is 105 cm³/mol. The zero-order chi connectivity index (χ0) is 20.3. The van der Waals surface area contributed by atoms with Gasteiger partial charge in [-0.1, -0.05) is 11.6 Å². The molecule has 150 valence electrons. The Morgan fingerprint density at radius 3 is 2.61 bits per heavy atom. The normalized spacial score (nSPS) is 17.9. The van der Waals surface area contributed by atoms with Crippen LogP contribution in [0.25, 0.3) is 0 Å². The molecule has 0 radical (unpaired) electrons. The second-order valence-corrected chi connectivity index (χ2v) is 8.84. The van der Waals surface area contributed by atoms with Crippen LogP contribution in [-0.4, -0.2) is 38.8 Å². The van der Waals surface area contributed by atoms with E-state index >= 15 is 0 Å². The Morgan fingerprint density at radius 1 is 1.25 bits per heavy atom. The van der Waals surface area contributed by atoms with Crippen LogP contribution in [0.4, 0.5) is 10.1 Å². The number of hydrogen-bond acceptors (Lipinski definition) is 4. The van der Waals surface area contributed by atoms with Crippen molar-refractivity contribution in [2.75, 3.05) is 25.5 Å². The van der Waals surface area contributed by atoms with Gasteiger partial charge in [0.1, 0.15) is 11.6 Å². The number of carbonyl (C=O) groups is 1. The average molecular weight is 427 g/mol. The third kappa shape index (κ3) is 4.45. The molecule has 6 nitrogen and oxygen atoms in total. The number of nitrogens with zero attached hydrogens (tertiary/aromatic N) is 1. The van der Waals surface area contributed by atoms with Gasteiger partial charge in [-0.05, 0) is 55.3 Å². The van der Waals surface area contributed by atoms with Gasteiger partial charge in [0.05, 0.1) is 22.9 Å². The second-order valence-electron chi connectivity index (χ2n) is 6.50. The van der Waals surface area contributed by atoms with Crippen molar-refractivity contribution >= 4 is 33.2 Å². The minimum atomic E-state index is -3.71. The first kappa shape index (κ1) is 20.6. The Morgan fingerprint density at radius 2 is 1.96 bits per heavy atom. The van der Waals surface area contributed by atoms with Crippen molar-refractivity contribution in [3.05, 3.63) is 53.3 Å². The Bertz CT molecular complexity index is 966. The Balaban J connectivity index is 1.71. The highest BCUT2D eigenvalue weighted by Crippen LogP contribution is 2.26. The fourth-order valence-electron chi connectivity index (χ4n) is 3.09. The number of methoxy groups -OCH3 is 1. The van der Waals surface area contributed by atoms with Gasteiger partial charge in [-0.15, -0.1) is 0 Å². The summed E-state index contributed by atoms with van der Waals surface area (Å²) in [5.74, 6) is -0.843. The van der Waals surface area contributed by atoms with Crippen LogP contribution >= 0.6 is 11.6 Å². The molecule has 0 unspecified atom stereocenters. The summed E-state index contributed by atoms with van der Waals surface area (Å²) >= 11 is 5.73. The van der Waals surface area contributed by atoms with Gasteiger partial charge in [0.25, 0.3) is 0 Å². The van der Waals surface area contributed by atoms with E-state index in [-0.39, 0.29) is 22.4 Å². The molecular formula is C19H20ClFN2O4S. The topological polar surface area (TPSA) is 75.7 Å². The van der Waals surface area contributed by atoms with Crippen LogP contribution in [0.2, 0.25) is 5.02 Å². The number of amides is 1. The van der Waals surface area contributed by atoms with Crippen molar-refractivity contribution in [3.63, 3.8) is 0 Å². The molecule has 1 saturated heterocycles. The van der Waals surface area contributed by atoms with Crippen LogP contribution in [0.5, 0.6) is 5.75 Å². The van der Waals surface area contributed by atoms with E-state index in [1.165, 1.54) is 41.7 Å². The smallest absolute Gasteiger partial charge is 0.243 e. The quantitative estimate of drug-likeness (QED) is 0.793. The number of halogens is 2. The largest absolute Gasteiger partial charge is 0.497 e. The highest BCUT2D eigenvalue weighted by molar-refractivity contribution is 7.89. The molecule has 1 N–H and O–H groups in total. The molecule has 9 heteroatoms. The number of sulfonamides is 1. The monoisotopic (exact) mass is 426 g/mol. The number of carbonyl (C=O) groups excluding carboxylic acids is 1. The van der Waals surface area contributed by atoms with Gasteiger partial charge in [-0.2, -0.15) is 4.31 Å². The zero-order valence-electron chi connectivity index (χ0n) is 15.2. The van der Waals surface area contributed by atoms with Gasteiger partial charge in [0.15, 0.2) is 0 Å². The lowest BCUT2D eigenvalue weighted by Gasteiger charge is -2.31. The van der Waals surface area contributed by atoms with E-state index < -0.39 is 21.8 Å². The second kappa shape index (κ2) is 8.46. The molecule has 0 aromatic heterocycles. The fraction of sp³-hybridized carbons (Fsp3) is 0.316. The minimum absolute atomic E-state index is 0.0785. The van der Waals surface area contributed by atoms with Crippen molar-refractivity contribution in [3.8, 4) is 5.75 Å². The molecular weight excluding hydrogens is 407 g/mol. The Kier molecular flexibility index (Phi) is 6.22. The van der Waals surface area contributed by atoms with Gasteiger partial charge in [-0.25, -0.2) is 12.8 Å². The predicted octanol–water partition coefficient (Wildman–Crippen LogP) is 3.53. The van der Waals surface area contributed by atoms with Crippen LogP contribution in [0.15, 0.2) is 47.4 Å². The SMILES string of the molecule is COc1ccc(S(=O)(=O)N2CCC[C@H](C(=O)Nc3ccc(F)c(Cl)c3)C2)cc1. The van der Waals surface area contributed by atoms with E-state index in [0.29, 0.717) is 30.8 Å². The number of nitrogens with one attached hydrogen (secondary N) is 1. The molecule has 0 saturated carbocycles. The molecule has 28 heavy (non-hydrogen) atoms. The first-order valence-corrected chi connectivity index (χ1v) is 10.5. The molecule has 1 aliphatic rings. The summed E-state index contributed by atoms with van der Waals surface area (Å²) in [4.78, 5) is 12.7. The zero-order valence-corrected chi connectivity index (χ0v) is 16.8. The van der Waals surface area contributed by atoms with E-state index in [0.717, 1.165) is 0 Å². The van der Waals surface area contributed by atoms with Crippen molar-refractivity contribution in [2.45, 2.75) is 17.7 Å². The Labute approximate surface area is 168 Å². The molecule has 0 spiro atoms. The van der Waals surface area contributed by atoms with Crippen molar-refractivity contribution in [1.82, 2.24) is 4.31 Å². The lowest BCUT2D eigenvalue weighted by atomic mass is 9.99. The number of ether oxygens (including phenoxy) is 1. The molecule has 3 rings (SSSR count). The van der Waals surface area contributed by atoms with Crippen molar-refractivity contribution < 1.29 is 22.3 Å². The van der Waals surface area contributed by atoms with Gasteiger partial charge in [-0.3, -0.25) is 4.79 Å². The molecule has 0 aliphatic carbocycles. The lowest BCUT2D eigenvalue weighted by molar-refractivity contribution is -0.120. The number of hydrogen-bond donors (Lipinski definition) is 1. The van der Waals surface area contributed by atoms with Crippen molar-refractivity contribution in [2.24, 2.45) is 5.92 Å². The minimum Gasteiger partial charge on any atom is -0.497 e. The Hall–Kier alpha value is -2.16. The van der Waals surface area contributed by atoms with E-state index in [2.05, 4.69) is 5.32 Å². The number of rotatable bonds is 5. The maximum atomic E-state index is 13.3. The van der Waals surface area contributed by atoms with E-state index in [1.54, 1.807) is 12.1 Å². The fourth-order valence-corrected chi connectivity index (χ4v) is 4.79. The van der Waals surface area contributed by atoms with Crippen molar-refractivity contribution in [1.29, 1.82) is 0 Å². The highest BCUT2D eigenvalue weighted by Gasteiger charge is 2.33. The van der Waals surface area contributed by atoms with Gasteiger partial charge in [0, 0.05) is 18.8 Å². The maximum Gasteiger partial charge on any atom is 0.243 e. The van der Waals surface area contributed by atoms with Gasteiger partial charge < -0.3 is 10.1 Å². The van der Waals surface area contributed by atoms with E-state index in [1.807, 2.05) is 0 Å². The van der Waals surface area contributed by atoms with E-state index in [4.69, 9.17) is 16.3 Å². The standard InChI is InChI=1S/C19H20ClFN2O4S/c1-27-15-5-7-16(8-6-15)28(25,26)23-10-2-3-13(12-23)19(24)22-14-4-9-18(21)17(20)11-14/h4-9,11,13H,2-3,10,12H2,1H3,(H,22,24)/t13-/m0/s1. The third-order valence-electron chi connectivity index (χ3n) is 4.64. The van der Waals surface area contributed by atoms with Crippen LogP contribution in [0.3, 0.4) is 0 Å². The summed E-state index contributed by atoms with van der Waals surface area (Å²) in [7, 11) is -2.21. The van der Waals surface area contributed by atoms with Crippen LogP contribution in [0, 0.1) is 11.7 Å². The van der Waals surface area contributed by atoms with Gasteiger partial charge in [0.2, 0.25) is 15.9 Å². The van der Waals surface area contributed by atoms with Crippen LogP contribution in [0.1, 0.15) is 12.8 Å². The molecule has 2 aromatic rings. The third-order valence-corrected chi connectivity index (χ3v) is 6.81. The number of piperidine rings is 1. The summed E-state index contributed by atoms with van der Waals surface area (Å²) in [5.41, 5.74) is 0.367. The molecule has 1 aliphatic heterocycles. The molecule has 1 fully saturated rings. The number of benzene rings is 2. The summed E-state index contributed by atoms with van der Waals surface area (Å²) < 4.78 is 45.4. The summed E-state index contributed by atoms with van der Waals surface area (Å²) in [6.45, 7) is 0.426. The lowest BCUT2D eigenvalue weighted by Crippen LogP contribution is -2.43. The maximum absolute atomic E-state index is 13.3. The molecule has 1 heterocycles. The average Bonchev–Trinajstić information content (AvgIpc) is 2.71. The first-order valence-electron chi connectivity index (χ1n) is 8.71. The van der Waals surface area contributed by atoms with Crippen LogP contribution in [-0.2, 0) is 14.8 Å². The molecule has 1 amide bonds. The first-order chi connectivity index (χ1) is 13.3. The molecule has 0 bridgehead atoms. The van der Waals surface area contributed by atoms with E-state index in [9.17, 15) is 17.6 Å². The summed E-state index contributed by atoms with van der Waals surface area (Å²) in [6, 6.07) is 10.0.